The van der Waals surface area contributed by atoms with Crippen LogP contribution >= 0.6 is 0 Å². The number of carbonyl (C=O) groups is 8. The minimum absolute atomic E-state index is 0.0219. The van der Waals surface area contributed by atoms with Gasteiger partial charge in [-0.2, -0.15) is 8.42 Å². The first-order valence-corrected chi connectivity index (χ1v) is 20.4. The molecule has 58 heavy (non-hydrogen) atoms. The lowest BCUT2D eigenvalue weighted by Gasteiger charge is -2.27. The van der Waals surface area contributed by atoms with Crippen LogP contribution in [0.25, 0.3) is 0 Å². The molecule has 0 aliphatic carbocycles. The van der Waals surface area contributed by atoms with Crippen molar-refractivity contribution in [3.63, 3.8) is 0 Å². The zero-order chi connectivity index (χ0) is 44.0. The monoisotopic (exact) mass is 842 g/mol. The lowest BCUT2D eigenvalue weighted by molar-refractivity contribution is -0.144. The normalized spacial score (nSPS) is 12.8. The summed E-state index contributed by atoms with van der Waals surface area (Å²) in [6.07, 6.45) is -0.0287. The van der Waals surface area contributed by atoms with E-state index in [1.807, 2.05) is 0 Å². The number of carbonyl (C=O) groups excluding carboxylic acids is 8. The van der Waals surface area contributed by atoms with E-state index in [-0.39, 0.29) is 94.5 Å². The molecule has 21 nitrogen and oxygen atoms in total. The van der Waals surface area contributed by atoms with Gasteiger partial charge in [-0.3, -0.25) is 38.1 Å². The molecule has 11 N–H and O–H groups in total. The highest BCUT2D eigenvalue weighted by Crippen LogP contribution is 2.19. The van der Waals surface area contributed by atoms with Crippen LogP contribution < -0.4 is 43.4 Å². The molecule has 0 heterocycles. The van der Waals surface area contributed by atoms with E-state index in [1.165, 1.54) is 18.2 Å². The average Bonchev–Trinajstić information content (AvgIpc) is 3.14. The largest absolute Gasteiger partial charge is 0.461 e. The van der Waals surface area contributed by atoms with E-state index in [9.17, 15) is 51.3 Å². The van der Waals surface area contributed by atoms with Gasteiger partial charge in [0.25, 0.3) is 16.0 Å². The molecule has 0 bridgehead atoms. The zero-order valence-corrected chi connectivity index (χ0v) is 34.3. The van der Waals surface area contributed by atoms with Crippen molar-refractivity contribution in [3.05, 3.63) is 29.3 Å². The van der Waals surface area contributed by atoms with Crippen molar-refractivity contribution in [1.29, 1.82) is 0 Å². The molecule has 0 spiro atoms. The quantitative estimate of drug-likeness (QED) is 0.0299. The van der Waals surface area contributed by atoms with Gasteiger partial charge in [0.15, 0.2) is 0 Å². The molecule has 0 fully saturated rings. The molecule has 1 aromatic rings. The number of ketones is 1. The number of Topliss-reactive ketones (excluding diaryl/α,β-unsaturated/α-hetero) is 1. The van der Waals surface area contributed by atoms with Crippen LogP contribution in [0, 0.1) is 11.8 Å². The number of urea groups is 1. The van der Waals surface area contributed by atoms with Crippen molar-refractivity contribution >= 4 is 63.1 Å². The summed E-state index contributed by atoms with van der Waals surface area (Å²) in [5.74, 6) is -6.81. The Morgan fingerprint density at radius 2 is 1.52 bits per heavy atom. The van der Waals surface area contributed by atoms with Crippen LogP contribution in [-0.2, 0) is 55.0 Å². The Kier molecular flexibility index (Phi) is 22.7. The molecule has 3 atom stereocenters. The van der Waals surface area contributed by atoms with E-state index in [4.69, 9.17) is 20.9 Å². The maximum atomic E-state index is 13.7. The van der Waals surface area contributed by atoms with Crippen LogP contribution in [0.1, 0.15) is 82.6 Å². The van der Waals surface area contributed by atoms with Crippen molar-refractivity contribution in [1.82, 2.24) is 26.6 Å². The maximum absolute atomic E-state index is 13.7. The molecular formula is C36H58N8O13S. The van der Waals surface area contributed by atoms with Crippen LogP contribution in [0.3, 0.4) is 0 Å². The van der Waals surface area contributed by atoms with Gasteiger partial charge in [-0.05, 0) is 30.9 Å². The summed E-state index contributed by atoms with van der Waals surface area (Å²) in [7, 11) is -4.83. The van der Waals surface area contributed by atoms with Gasteiger partial charge in [0, 0.05) is 61.6 Å². The van der Waals surface area contributed by atoms with E-state index in [1.54, 1.807) is 34.6 Å². The number of rotatable bonds is 27. The second-order valence-electron chi connectivity index (χ2n) is 13.7. The summed E-state index contributed by atoms with van der Waals surface area (Å²) in [4.78, 5) is 101. The van der Waals surface area contributed by atoms with Crippen LogP contribution in [0.15, 0.2) is 18.2 Å². The summed E-state index contributed by atoms with van der Waals surface area (Å²) in [5, 5.41) is 14.8. The molecule has 0 unspecified atom stereocenters. The van der Waals surface area contributed by atoms with Crippen LogP contribution in [0.5, 0.6) is 0 Å². The standard InChI is InChI=1S/C36H58N8O13S/c1-6-30(47)57-19-23-9-10-24(18-25(23)32(48)39-15-13-37)41-33(49)26(8-7-14-40-36(38)52)43-35(51)31(22(4)5)44-34(50)27(20-58(53,54)55)42-29(46)12-17-56-16-11-28(45)21(2)3/h9-10,18,21-22,26-27,31H,6-8,11-17,19-20,37H2,1-5H3,(H,39,48)(H,41,49)(H,42,46)(H,43,51)(H,44,50)(H3,38,40,52)(H,53,54,55)/t26-,27-,31-/m0/s1. The minimum Gasteiger partial charge on any atom is -0.461 e. The van der Waals surface area contributed by atoms with Gasteiger partial charge in [-0.1, -0.05) is 40.7 Å². The highest BCUT2D eigenvalue weighted by molar-refractivity contribution is 7.85. The summed E-state index contributed by atoms with van der Waals surface area (Å²) < 4.78 is 43.6. The van der Waals surface area contributed by atoms with Gasteiger partial charge in [0.1, 0.15) is 36.3 Å². The van der Waals surface area contributed by atoms with E-state index in [0.29, 0.717) is 5.56 Å². The fourth-order valence-corrected chi connectivity index (χ4v) is 5.64. The molecule has 0 saturated carbocycles. The van der Waals surface area contributed by atoms with E-state index in [2.05, 4.69) is 31.9 Å². The molecule has 7 amide bonds. The Morgan fingerprint density at radius 1 is 0.845 bits per heavy atom. The number of nitrogens with two attached hydrogens (primary N) is 2. The summed E-state index contributed by atoms with van der Waals surface area (Å²) in [6.45, 7) is 8.11. The molecule has 0 aliphatic rings. The molecule has 0 saturated heterocycles. The third-order valence-corrected chi connectivity index (χ3v) is 8.97. The van der Waals surface area contributed by atoms with Crippen molar-refractivity contribution in [3.8, 4) is 0 Å². The number of nitrogens with one attached hydrogen (secondary N) is 6. The lowest BCUT2D eigenvalue weighted by atomic mass is 10.0. The van der Waals surface area contributed by atoms with Gasteiger partial charge in [-0.25, -0.2) is 4.79 Å². The van der Waals surface area contributed by atoms with Crippen molar-refractivity contribution < 1.29 is 60.8 Å². The first-order valence-electron chi connectivity index (χ1n) is 18.8. The molecule has 1 aromatic carbocycles. The Balaban J connectivity index is 3.25. The number of benzene rings is 1. The third kappa shape index (κ3) is 20.3. The van der Waals surface area contributed by atoms with Crippen LogP contribution in [-0.4, -0.2) is 117 Å². The lowest BCUT2D eigenvalue weighted by Crippen LogP contribution is -2.59. The van der Waals surface area contributed by atoms with Crippen LogP contribution in [0.2, 0.25) is 0 Å². The average molecular weight is 843 g/mol. The first kappa shape index (κ1) is 50.8. The molecule has 1 rings (SSSR count). The number of anilines is 1. The number of amides is 7. The van der Waals surface area contributed by atoms with E-state index in [0.717, 1.165) is 0 Å². The smallest absolute Gasteiger partial charge is 0.312 e. The topological polar surface area (TPSA) is 334 Å². The SMILES string of the molecule is CCC(=O)OCc1ccc(NC(=O)[C@H](CCCNC(N)=O)NC(=O)[C@@H](NC(=O)[C@H](CS(=O)(=O)O)NC(=O)CCOCCC(=O)C(C)C)C(C)C)cc1C(=O)NCCN. The van der Waals surface area contributed by atoms with Crippen molar-refractivity contribution in [2.45, 2.75) is 91.5 Å². The van der Waals surface area contributed by atoms with E-state index < -0.39 is 81.5 Å². The van der Waals surface area contributed by atoms with Gasteiger partial charge in [0.2, 0.25) is 23.6 Å². The highest BCUT2D eigenvalue weighted by Gasteiger charge is 2.33. The molecule has 0 aliphatic heterocycles. The molecular weight excluding hydrogens is 785 g/mol. The Morgan fingerprint density at radius 3 is 2.10 bits per heavy atom. The van der Waals surface area contributed by atoms with Gasteiger partial charge < -0.3 is 52.8 Å². The zero-order valence-electron chi connectivity index (χ0n) is 33.5. The first-order chi connectivity index (χ1) is 27.2. The fourth-order valence-electron chi connectivity index (χ4n) is 4.99. The van der Waals surface area contributed by atoms with Gasteiger partial charge in [-0.15, -0.1) is 0 Å². The molecule has 0 aromatic heterocycles. The number of ether oxygens (including phenoxy) is 2. The Hall–Kier alpha value is -5.19. The summed E-state index contributed by atoms with van der Waals surface area (Å²) in [5.41, 5.74) is 11.2. The van der Waals surface area contributed by atoms with Gasteiger partial charge in [0.05, 0.1) is 13.2 Å². The minimum atomic E-state index is -4.83. The second-order valence-corrected chi connectivity index (χ2v) is 15.2. The highest BCUT2D eigenvalue weighted by atomic mass is 32.2. The van der Waals surface area contributed by atoms with Crippen molar-refractivity contribution in [2.24, 2.45) is 23.3 Å². The number of hydrogen-bond acceptors (Lipinski definition) is 13. The number of primary amides is 1. The molecule has 0 radical (unpaired) electrons. The Bertz CT molecular complexity index is 1710. The maximum Gasteiger partial charge on any atom is 0.312 e. The van der Waals surface area contributed by atoms with E-state index >= 15 is 0 Å². The number of esters is 1. The third-order valence-electron chi connectivity index (χ3n) is 8.22. The second kappa shape index (κ2) is 25.9. The fraction of sp³-hybridized carbons (Fsp3) is 0.611. The van der Waals surface area contributed by atoms with Crippen molar-refractivity contribution in [2.75, 3.05) is 43.9 Å². The predicted octanol–water partition coefficient (Wildman–Crippen LogP) is -0.765. The molecule has 326 valence electrons. The van der Waals surface area contributed by atoms with Crippen LogP contribution in [0.4, 0.5) is 10.5 Å². The summed E-state index contributed by atoms with van der Waals surface area (Å²) in [6, 6.07) is -1.14. The van der Waals surface area contributed by atoms with Gasteiger partial charge >= 0.3 is 12.0 Å². The molecule has 22 heteroatoms. The summed E-state index contributed by atoms with van der Waals surface area (Å²) >= 11 is 0. The number of hydrogen-bond donors (Lipinski definition) is 9. The predicted molar refractivity (Wildman–Crippen MR) is 210 cm³/mol. The Labute approximate surface area is 338 Å².